The van der Waals surface area contributed by atoms with Crippen LogP contribution in [-0.2, 0) is 47.7 Å². The standard InChI is InChI=1S/C43H79N5O12S.C2H6/c1-35(49)36(48-39(51)20-15-13-11-9-7-5-3-4-6-8-10-12-14-16-21-42(54)55)22-23-38(50)46-25-27-57-29-32-60-34-41(53)47-26-28-58-30-31-59-33-40(52)45-24-18-17-19-37(44-2)43(56)61;1-2/h36-37,44,49H,1,3-34H2,2H3,(H,45,52)(H,46,50)(H,47,53)(H,48,51)(H,54,55)(H,56,61);1-2H3. The van der Waals surface area contributed by atoms with Crippen molar-refractivity contribution in [3.63, 3.8) is 0 Å². The molecule has 18 heteroatoms. The van der Waals surface area contributed by atoms with E-state index in [1.807, 2.05) is 13.8 Å². The molecule has 0 aliphatic rings. The number of thiol groups is 1. The second-order valence-corrected chi connectivity index (χ2v) is 15.5. The van der Waals surface area contributed by atoms with E-state index < -0.39 is 12.0 Å². The van der Waals surface area contributed by atoms with Gasteiger partial charge in [-0.15, -0.1) is 12.6 Å². The summed E-state index contributed by atoms with van der Waals surface area (Å²) in [5, 5.41) is 32.3. The highest BCUT2D eigenvalue weighted by atomic mass is 32.1. The van der Waals surface area contributed by atoms with E-state index in [-0.39, 0.29) is 126 Å². The van der Waals surface area contributed by atoms with Crippen LogP contribution in [0.1, 0.15) is 149 Å². The van der Waals surface area contributed by atoms with Gasteiger partial charge in [0.2, 0.25) is 28.7 Å². The van der Waals surface area contributed by atoms with Gasteiger partial charge in [0.25, 0.3) is 0 Å². The van der Waals surface area contributed by atoms with Gasteiger partial charge in [0, 0.05) is 38.9 Å². The van der Waals surface area contributed by atoms with E-state index in [9.17, 15) is 33.9 Å². The summed E-state index contributed by atoms with van der Waals surface area (Å²) < 4.78 is 21.4. The van der Waals surface area contributed by atoms with Crippen molar-refractivity contribution in [1.82, 2.24) is 26.6 Å². The molecule has 0 spiro atoms. The lowest BCUT2D eigenvalue weighted by Crippen LogP contribution is -2.37. The third-order valence-electron chi connectivity index (χ3n) is 9.68. The minimum Gasteiger partial charge on any atom is -0.511 e. The molecule has 0 aliphatic heterocycles. The Hall–Kier alpha value is -3.29. The number of carbonyl (C=O) groups is 6. The van der Waals surface area contributed by atoms with Gasteiger partial charge in [0.15, 0.2) is 0 Å². The molecule has 0 saturated carbocycles. The molecule has 0 aliphatic carbocycles. The van der Waals surface area contributed by atoms with Gasteiger partial charge < -0.3 is 55.7 Å². The molecule has 0 aromatic rings. The number of nitrogens with one attached hydrogen (secondary N) is 5. The molecule has 0 bridgehead atoms. The maximum Gasteiger partial charge on any atom is 0.303 e. The Labute approximate surface area is 383 Å². The van der Waals surface area contributed by atoms with E-state index in [0.717, 1.165) is 57.8 Å². The van der Waals surface area contributed by atoms with Crippen LogP contribution < -0.4 is 26.6 Å². The molecule has 368 valence electrons. The van der Waals surface area contributed by atoms with Crippen LogP contribution in [0.5, 0.6) is 0 Å². The Morgan fingerprint density at radius 1 is 0.492 bits per heavy atom. The molecule has 0 saturated heterocycles. The van der Waals surface area contributed by atoms with Crippen molar-refractivity contribution in [2.75, 3.05) is 79.5 Å². The number of hydrogen-bond acceptors (Lipinski definition) is 12. The largest absolute Gasteiger partial charge is 0.511 e. The minimum absolute atomic E-state index is 0.0808. The Morgan fingerprint density at radius 3 is 1.37 bits per heavy atom. The number of aliphatic carboxylic acids is 1. The molecule has 7 N–H and O–H groups in total. The molecular formula is C45H85N5O12S. The van der Waals surface area contributed by atoms with Crippen molar-refractivity contribution in [2.24, 2.45) is 0 Å². The van der Waals surface area contributed by atoms with Crippen LogP contribution in [0.2, 0.25) is 0 Å². The molecular weight excluding hydrogens is 835 g/mol. The van der Waals surface area contributed by atoms with Gasteiger partial charge in [-0.05, 0) is 45.6 Å². The van der Waals surface area contributed by atoms with E-state index >= 15 is 0 Å². The van der Waals surface area contributed by atoms with Crippen molar-refractivity contribution in [3.05, 3.63) is 12.3 Å². The maximum absolute atomic E-state index is 12.4. The maximum atomic E-state index is 12.4. The monoisotopic (exact) mass is 920 g/mol. The third kappa shape index (κ3) is 45.1. The molecule has 4 amide bonds. The number of likely N-dealkylation sites (N-methyl/N-ethyl adjacent to an activating group) is 1. The highest BCUT2D eigenvalue weighted by Gasteiger charge is 2.17. The van der Waals surface area contributed by atoms with E-state index in [4.69, 9.17) is 24.1 Å². The average molecular weight is 920 g/mol. The summed E-state index contributed by atoms with van der Waals surface area (Å²) in [4.78, 5) is 70.2. The fraction of sp³-hybridized carbons (Fsp3) is 0.822. The van der Waals surface area contributed by atoms with Crippen LogP contribution in [0.25, 0.3) is 0 Å². The summed E-state index contributed by atoms with van der Waals surface area (Å²) in [6.07, 6.45) is 18.6. The smallest absolute Gasteiger partial charge is 0.303 e. The molecule has 0 aromatic heterocycles. The number of carboxylic acids is 1. The normalized spacial score (nSPS) is 11.7. The second-order valence-electron chi connectivity index (χ2n) is 15.0. The number of hydrogen-bond donors (Lipinski definition) is 8. The number of unbranched alkanes of at least 4 members (excludes halogenated alkanes) is 14. The van der Waals surface area contributed by atoms with Gasteiger partial charge in [-0.3, -0.25) is 28.8 Å². The van der Waals surface area contributed by atoms with Crippen LogP contribution in [0.4, 0.5) is 0 Å². The molecule has 63 heavy (non-hydrogen) atoms. The lowest BCUT2D eigenvalue weighted by molar-refractivity contribution is -0.137. The fourth-order valence-corrected chi connectivity index (χ4v) is 6.38. The number of amides is 4. The van der Waals surface area contributed by atoms with Crippen molar-refractivity contribution in [1.29, 1.82) is 0 Å². The lowest BCUT2D eigenvalue weighted by Gasteiger charge is -2.17. The summed E-state index contributed by atoms with van der Waals surface area (Å²) in [6, 6.07) is -0.979. The first-order chi connectivity index (χ1) is 30.5. The zero-order valence-electron chi connectivity index (χ0n) is 38.9. The topological polar surface area (TPSA) is 240 Å². The summed E-state index contributed by atoms with van der Waals surface area (Å²) >= 11 is 3.83. The lowest BCUT2D eigenvalue weighted by atomic mass is 10.0. The van der Waals surface area contributed by atoms with Crippen molar-refractivity contribution < 1.29 is 57.9 Å². The van der Waals surface area contributed by atoms with E-state index in [0.29, 0.717) is 19.4 Å². The van der Waals surface area contributed by atoms with Crippen molar-refractivity contribution in [2.45, 2.75) is 161 Å². The number of ether oxygens (including phenoxy) is 4. The molecule has 0 heterocycles. The van der Waals surface area contributed by atoms with Crippen LogP contribution in [0, 0.1) is 0 Å². The Kier molecular flexibility index (Phi) is 45.8. The van der Waals surface area contributed by atoms with Crippen molar-refractivity contribution in [3.8, 4) is 0 Å². The molecule has 17 nitrogen and oxygen atoms in total. The highest BCUT2D eigenvalue weighted by Crippen LogP contribution is 2.14. The van der Waals surface area contributed by atoms with Gasteiger partial charge in [-0.2, -0.15) is 0 Å². The minimum atomic E-state index is -0.707. The van der Waals surface area contributed by atoms with Gasteiger partial charge >= 0.3 is 5.97 Å². The summed E-state index contributed by atoms with van der Waals surface area (Å²) in [5.41, 5.74) is 0. The van der Waals surface area contributed by atoms with Gasteiger partial charge in [-0.25, -0.2) is 0 Å². The second kappa shape index (κ2) is 46.7. The first-order valence-corrected chi connectivity index (χ1v) is 23.8. The predicted molar refractivity (Wildman–Crippen MR) is 249 cm³/mol. The van der Waals surface area contributed by atoms with Crippen LogP contribution in [0.3, 0.4) is 0 Å². The van der Waals surface area contributed by atoms with Crippen LogP contribution in [-0.4, -0.2) is 137 Å². The quantitative estimate of drug-likeness (QED) is 0.0220. The number of carbonyl (C=O) groups excluding carboxylic acids is 5. The SMILES string of the molecule is C=C(O)C(CCC(=O)NCCOCCOCC(=O)NCCOCCOCC(=O)NCCCCC(NC)C(=O)S)NC(=O)CCCCCCCCCCCCCCCCC(=O)O.CC. The van der Waals surface area contributed by atoms with Crippen molar-refractivity contribution >= 4 is 47.3 Å². The highest BCUT2D eigenvalue weighted by molar-refractivity contribution is 7.96. The fourth-order valence-electron chi connectivity index (χ4n) is 6.12. The number of carboxylic acid groups (broad SMARTS) is 1. The average Bonchev–Trinajstić information content (AvgIpc) is 3.25. The number of aliphatic hydroxyl groups is 1. The van der Waals surface area contributed by atoms with Crippen LogP contribution in [0.15, 0.2) is 12.3 Å². The molecule has 2 unspecified atom stereocenters. The number of rotatable bonds is 45. The van der Waals surface area contributed by atoms with Gasteiger partial charge in [0.1, 0.15) is 19.0 Å². The Balaban J connectivity index is 0. The number of aliphatic hydroxyl groups excluding tert-OH is 1. The third-order valence-corrected chi connectivity index (χ3v) is 9.99. The van der Waals surface area contributed by atoms with Gasteiger partial charge in [-0.1, -0.05) is 97.5 Å². The van der Waals surface area contributed by atoms with Crippen LogP contribution >= 0.6 is 12.6 Å². The van der Waals surface area contributed by atoms with E-state index in [1.165, 1.54) is 44.9 Å². The summed E-state index contributed by atoms with van der Waals surface area (Å²) in [7, 11) is 1.71. The summed E-state index contributed by atoms with van der Waals surface area (Å²) in [5.74, 6) is -1.84. The molecule has 0 fully saturated rings. The molecule has 0 rings (SSSR count). The first kappa shape index (κ1) is 61.8. The zero-order chi connectivity index (χ0) is 47.2. The zero-order valence-corrected chi connectivity index (χ0v) is 39.8. The Morgan fingerprint density at radius 2 is 0.921 bits per heavy atom. The predicted octanol–water partition coefficient (Wildman–Crippen LogP) is 5.31. The van der Waals surface area contributed by atoms with Gasteiger partial charge in [0.05, 0.1) is 51.7 Å². The Bertz CT molecular complexity index is 1200. The summed E-state index contributed by atoms with van der Waals surface area (Å²) in [6.45, 7) is 9.84. The van der Waals surface area contributed by atoms with E-state index in [1.54, 1.807) is 7.05 Å². The molecule has 0 radical (unpaired) electrons. The van der Waals surface area contributed by atoms with E-state index in [2.05, 4.69) is 45.8 Å². The first-order valence-electron chi connectivity index (χ1n) is 23.4. The molecule has 0 aromatic carbocycles. The molecule has 2 atom stereocenters.